The maximum Gasteiger partial charge on any atom is 0.319 e. The quantitative estimate of drug-likeness (QED) is 0.432. The summed E-state index contributed by atoms with van der Waals surface area (Å²) in [5.74, 6) is -0.229. The van der Waals surface area contributed by atoms with Gasteiger partial charge in [0.1, 0.15) is 6.10 Å². The number of hydrogen-bond donors (Lipinski definition) is 3. The van der Waals surface area contributed by atoms with Gasteiger partial charge in [0.15, 0.2) is 0 Å². The van der Waals surface area contributed by atoms with E-state index < -0.39 is 24.3 Å². The standard InChI is InChI=1S/C15H20N6O3/c1-17-14(22)12-8-7-11(20-21-16)13(24-12)9-18-15(23)19-10-5-3-2-4-6-10/h2-6,11-13H,7-9H2,1H3,(H,17,22)(H2,18,19,23)/t11-,12+,13-/m1/s1. The van der Waals surface area contributed by atoms with E-state index in [-0.39, 0.29) is 12.5 Å². The van der Waals surface area contributed by atoms with Crippen molar-refractivity contribution in [3.05, 3.63) is 40.8 Å². The lowest BCUT2D eigenvalue weighted by atomic mass is 9.98. The van der Waals surface area contributed by atoms with Crippen molar-refractivity contribution in [2.75, 3.05) is 18.9 Å². The summed E-state index contributed by atoms with van der Waals surface area (Å²) >= 11 is 0. The number of ether oxygens (including phenoxy) is 1. The first-order chi connectivity index (χ1) is 11.6. The van der Waals surface area contributed by atoms with E-state index in [1.165, 1.54) is 7.05 Å². The van der Waals surface area contributed by atoms with Crippen LogP contribution in [-0.2, 0) is 9.53 Å². The van der Waals surface area contributed by atoms with E-state index in [2.05, 4.69) is 26.0 Å². The van der Waals surface area contributed by atoms with Crippen molar-refractivity contribution in [1.29, 1.82) is 0 Å². The normalized spacial score (nSPS) is 22.8. The van der Waals surface area contributed by atoms with Crippen molar-refractivity contribution < 1.29 is 14.3 Å². The van der Waals surface area contributed by atoms with Crippen molar-refractivity contribution in [3.63, 3.8) is 0 Å². The number of rotatable bonds is 5. The molecule has 1 aliphatic rings. The van der Waals surface area contributed by atoms with E-state index >= 15 is 0 Å². The highest BCUT2D eigenvalue weighted by molar-refractivity contribution is 5.89. The van der Waals surface area contributed by atoms with Crippen LogP contribution < -0.4 is 16.0 Å². The van der Waals surface area contributed by atoms with Crippen molar-refractivity contribution >= 4 is 17.6 Å². The minimum absolute atomic E-state index is 0.135. The van der Waals surface area contributed by atoms with Crippen LogP contribution in [0.15, 0.2) is 35.4 Å². The summed E-state index contributed by atoms with van der Waals surface area (Å²) in [7, 11) is 1.53. The number of azide groups is 1. The fourth-order valence-corrected chi connectivity index (χ4v) is 2.50. The zero-order valence-electron chi connectivity index (χ0n) is 13.3. The average molecular weight is 332 g/mol. The van der Waals surface area contributed by atoms with Gasteiger partial charge in [-0.3, -0.25) is 4.79 Å². The molecule has 1 fully saturated rings. The molecule has 9 heteroatoms. The SMILES string of the molecule is CNC(=O)[C@@H]1CC[C@@H](N=[N+]=[N-])[C@@H](CNC(=O)Nc2ccccc2)O1. The van der Waals surface area contributed by atoms with Gasteiger partial charge in [-0.2, -0.15) is 0 Å². The molecule has 0 spiro atoms. The molecule has 2 rings (SSSR count). The Morgan fingerprint density at radius 3 is 2.75 bits per heavy atom. The highest BCUT2D eigenvalue weighted by Crippen LogP contribution is 2.22. The lowest BCUT2D eigenvalue weighted by Crippen LogP contribution is -2.49. The number of carbonyl (C=O) groups excluding carboxylic acids is 2. The molecule has 3 N–H and O–H groups in total. The minimum Gasteiger partial charge on any atom is -0.363 e. The molecule has 24 heavy (non-hydrogen) atoms. The maximum absolute atomic E-state index is 11.9. The fourth-order valence-electron chi connectivity index (χ4n) is 2.50. The molecule has 0 radical (unpaired) electrons. The van der Waals surface area contributed by atoms with Crippen LogP contribution in [0.4, 0.5) is 10.5 Å². The van der Waals surface area contributed by atoms with Crippen LogP contribution in [-0.4, -0.2) is 43.8 Å². The molecule has 0 saturated carbocycles. The van der Waals surface area contributed by atoms with Crippen molar-refractivity contribution in [3.8, 4) is 0 Å². The van der Waals surface area contributed by atoms with Crippen LogP contribution in [0.25, 0.3) is 10.4 Å². The van der Waals surface area contributed by atoms with Gasteiger partial charge in [-0.25, -0.2) is 4.79 Å². The van der Waals surface area contributed by atoms with Crippen LogP contribution in [0, 0.1) is 0 Å². The van der Waals surface area contributed by atoms with E-state index in [9.17, 15) is 9.59 Å². The van der Waals surface area contributed by atoms with Crippen LogP contribution in [0.3, 0.4) is 0 Å². The van der Waals surface area contributed by atoms with Gasteiger partial charge in [0.25, 0.3) is 0 Å². The Labute approximate surface area is 139 Å². The van der Waals surface area contributed by atoms with Gasteiger partial charge >= 0.3 is 6.03 Å². The minimum atomic E-state index is -0.607. The Kier molecular flexibility index (Phi) is 6.41. The lowest BCUT2D eigenvalue weighted by Gasteiger charge is -2.33. The molecule has 3 amide bonds. The van der Waals surface area contributed by atoms with E-state index in [1.54, 1.807) is 12.1 Å². The molecule has 0 aliphatic carbocycles. The third-order valence-corrected chi connectivity index (χ3v) is 3.73. The number of para-hydroxylation sites is 1. The predicted molar refractivity (Wildman–Crippen MR) is 88.4 cm³/mol. The number of amides is 3. The van der Waals surface area contributed by atoms with Gasteiger partial charge < -0.3 is 20.7 Å². The zero-order chi connectivity index (χ0) is 17.4. The maximum atomic E-state index is 11.9. The highest BCUT2D eigenvalue weighted by Gasteiger charge is 2.34. The molecule has 3 atom stereocenters. The van der Waals surface area contributed by atoms with Crippen LogP contribution in [0.1, 0.15) is 12.8 Å². The molecule has 1 saturated heterocycles. The largest absolute Gasteiger partial charge is 0.363 e. The Bertz CT molecular complexity index is 617. The first-order valence-corrected chi connectivity index (χ1v) is 7.65. The van der Waals surface area contributed by atoms with E-state index in [4.69, 9.17) is 10.3 Å². The number of urea groups is 1. The van der Waals surface area contributed by atoms with Crippen molar-refractivity contribution in [2.45, 2.75) is 31.1 Å². The second kappa shape index (κ2) is 8.76. The zero-order valence-corrected chi connectivity index (χ0v) is 13.3. The lowest BCUT2D eigenvalue weighted by molar-refractivity contribution is -0.141. The van der Waals surface area contributed by atoms with E-state index in [0.717, 1.165) is 0 Å². The van der Waals surface area contributed by atoms with Crippen molar-refractivity contribution in [2.24, 2.45) is 5.11 Å². The predicted octanol–water partition coefficient (Wildman–Crippen LogP) is 1.78. The molecule has 1 aromatic carbocycles. The smallest absolute Gasteiger partial charge is 0.319 e. The monoisotopic (exact) mass is 332 g/mol. The van der Waals surface area contributed by atoms with Gasteiger partial charge in [0.2, 0.25) is 5.91 Å². The Hall–Kier alpha value is -2.77. The molecule has 1 aromatic rings. The molecule has 1 heterocycles. The number of nitrogens with one attached hydrogen (secondary N) is 3. The van der Waals surface area contributed by atoms with Gasteiger partial charge in [-0.05, 0) is 30.5 Å². The molecule has 0 unspecified atom stereocenters. The highest BCUT2D eigenvalue weighted by atomic mass is 16.5. The second-order valence-electron chi connectivity index (χ2n) is 5.33. The summed E-state index contributed by atoms with van der Waals surface area (Å²) < 4.78 is 5.69. The molecule has 9 nitrogen and oxygen atoms in total. The van der Waals surface area contributed by atoms with Crippen LogP contribution in [0.2, 0.25) is 0 Å². The summed E-state index contributed by atoms with van der Waals surface area (Å²) in [4.78, 5) is 26.5. The van der Waals surface area contributed by atoms with Crippen LogP contribution >= 0.6 is 0 Å². The van der Waals surface area contributed by atoms with Crippen molar-refractivity contribution in [1.82, 2.24) is 10.6 Å². The topological polar surface area (TPSA) is 128 Å². The third kappa shape index (κ3) is 4.87. The van der Waals surface area contributed by atoms with Gasteiger partial charge in [-0.15, -0.1) is 0 Å². The van der Waals surface area contributed by atoms with Crippen LogP contribution in [0.5, 0.6) is 0 Å². The summed E-state index contributed by atoms with van der Waals surface area (Å²) in [5, 5.41) is 11.6. The molecular formula is C15H20N6O3. The van der Waals surface area contributed by atoms with Gasteiger partial charge in [0, 0.05) is 24.2 Å². The molecule has 128 valence electrons. The second-order valence-corrected chi connectivity index (χ2v) is 5.33. The summed E-state index contributed by atoms with van der Waals surface area (Å²) in [6, 6.07) is 8.18. The molecule has 1 aliphatic heterocycles. The Morgan fingerprint density at radius 1 is 1.33 bits per heavy atom. The number of carbonyl (C=O) groups is 2. The van der Waals surface area contributed by atoms with Gasteiger partial charge in [0.05, 0.1) is 12.1 Å². The summed E-state index contributed by atoms with van der Waals surface area (Å²) in [5.41, 5.74) is 9.32. The van der Waals surface area contributed by atoms with Gasteiger partial charge in [-0.1, -0.05) is 23.3 Å². The summed E-state index contributed by atoms with van der Waals surface area (Å²) in [6.07, 6.45) is -0.173. The first kappa shape index (κ1) is 17.6. The molecule has 0 bridgehead atoms. The first-order valence-electron chi connectivity index (χ1n) is 7.65. The third-order valence-electron chi connectivity index (χ3n) is 3.73. The number of anilines is 1. The average Bonchev–Trinajstić information content (AvgIpc) is 2.61. The number of hydrogen-bond acceptors (Lipinski definition) is 4. The fraction of sp³-hybridized carbons (Fsp3) is 0.467. The number of benzene rings is 1. The Balaban J connectivity index is 1.92. The number of nitrogens with zero attached hydrogens (tertiary/aromatic N) is 3. The van der Waals surface area contributed by atoms with E-state index in [0.29, 0.717) is 18.5 Å². The van der Waals surface area contributed by atoms with E-state index in [1.807, 2.05) is 18.2 Å². The Morgan fingerprint density at radius 2 is 2.08 bits per heavy atom. The molecule has 0 aromatic heterocycles. The summed E-state index contributed by atoms with van der Waals surface area (Å²) in [6.45, 7) is 0.135. The number of likely N-dealkylation sites (N-methyl/N-ethyl adjacent to an activating group) is 1. The molecular weight excluding hydrogens is 312 g/mol.